The number of nitrogens with zero attached hydrogens (tertiary/aromatic N) is 1. The molecule has 0 aromatic heterocycles. The van der Waals surface area contributed by atoms with Crippen LogP contribution in [0, 0.1) is 11.8 Å². The molecule has 2 atom stereocenters. The smallest absolute Gasteiger partial charge is 0.0395 e. The van der Waals surface area contributed by atoms with Gasteiger partial charge in [-0.1, -0.05) is 6.92 Å². The molecule has 1 aliphatic heterocycles. The van der Waals surface area contributed by atoms with Crippen molar-refractivity contribution < 1.29 is 0 Å². The van der Waals surface area contributed by atoms with E-state index in [0.29, 0.717) is 0 Å². The van der Waals surface area contributed by atoms with Crippen molar-refractivity contribution in [2.24, 2.45) is 16.8 Å². The highest BCUT2D eigenvalue weighted by Crippen LogP contribution is 2.31. The minimum Gasteiger partial charge on any atom is -0.294 e. The molecule has 2 aliphatic rings. The van der Waals surface area contributed by atoms with E-state index in [0.717, 1.165) is 18.4 Å². The van der Waals surface area contributed by atoms with Crippen LogP contribution in [0.4, 0.5) is 0 Å². The van der Waals surface area contributed by atoms with Gasteiger partial charge < -0.3 is 0 Å². The first-order valence-electron chi connectivity index (χ1n) is 4.39. The Labute approximate surface area is 62.5 Å². The van der Waals surface area contributed by atoms with Crippen molar-refractivity contribution >= 4 is 5.71 Å². The van der Waals surface area contributed by atoms with Gasteiger partial charge in [-0.2, -0.15) is 0 Å². The predicted octanol–water partition coefficient (Wildman–Crippen LogP) is 2.27. The third-order valence-corrected chi connectivity index (χ3v) is 2.84. The number of hydrogen-bond donors (Lipinski definition) is 0. The topological polar surface area (TPSA) is 12.4 Å². The lowest BCUT2D eigenvalue weighted by molar-refractivity contribution is 0.408. The highest BCUT2D eigenvalue weighted by atomic mass is 14.8. The molecule has 56 valence electrons. The van der Waals surface area contributed by atoms with Gasteiger partial charge in [-0.3, -0.25) is 4.99 Å². The van der Waals surface area contributed by atoms with Crippen LogP contribution >= 0.6 is 0 Å². The summed E-state index contributed by atoms with van der Waals surface area (Å²) in [4.78, 5) is 4.51. The Morgan fingerprint density at radius 1 is 1.40 bits per heavy atom. The van der Waals surface area contributed by atoms with E-state index in [1.54, 1.807) is 0 Å². The second-order valence-electron chi connectivity index (χ2n) is 3.74. The van der Waals surface area contributed by atoms with Crippen molar-refractivity contribution in [3.8, 4) is 0 Å². The summed E-state index contributed by atoms with van der Waals surface area (Å²) in [6, 6.07) is 0. The SMILES string of the molecule is CC1CCC2=NCCC2C1. The van der Waals surface area contributed by atoms with Gasteiger partial charge in [-0.15, -0.1) is 0 Å². The molecule has 1 nitrogen and oxygen atoms in total. The fourth-order valence-electron chi connectivity index (χ4n) is 2.19. The van der Waals surface area contributed by atoms with E-state index in [1.165, 1.54) is 31.4 Å². The number of rotatable bonds is 0. The molecule has 0 spiro atoms. The van der Waals surface area contributed by atoms with Gasteiger partial charge in [-0.25, -0.2) is 0 Å². The summed E-state index contributed by atoms with van der Waals surface area (Å²) in [6.07, 6.45) is 5.44. The first kappa shape index (κ1) is 6.38. The second kappa shape index (κ2) is 2.37. The highest BCUT2D eigenvalue weighted by Gasteiger charge is 2.26. The van der Waals surface area contributed by atoms with Crippen molar-refractivity contribution in [2.75, 3.05) is 6.54 Å². The van der Waals surface area contributed by atoms with Crippen LogP contribution in [0.1, 0.15) is 32.6 Å². The monoisotopic (exact) mass is 137 g/mol. The first-order chi connectivity index (χ1) is 4.86. The van der Waals surface area contributed by atoms with E-state index >= 15 is 0 Å². The van der Waals surface area contributed by atoms with Crippen LogP contribution in [0.15, 0.2) is 4.99 Å². The van der Waals surface area contributed by atoms with Crippen LogP contribution in [0.2, 0.25) is 0 Å². The summed E-state index contributed by atoms with van der Waals surface area (Å²) < 4.78 is 0. The molecule has 2 unspecified atom stereocenters. The van der Waals surface area contributed by atoms with Crippen LogP contribution in [0.5, 0.6) is 0 Å². The summed E-state index contributed by atoms with van der Waals surface area (Å²) in [6.45, 7) is 3.49. The fourth-order valence-corrected chi connectivity index (χ4v) is 2.19. The van der Waals surface area contributed by atoms with Crippen molar-refractivity contribution in [3.05, 3.63) is 0 Å². The molecule has 0 saturated heterocycles. The zero-order chi connectivity index (χ0) is 6.97. The summed E-state index contributed by atoms with van der Waals surface area (Å²) in [5.74, 6) is 1.85. The van der Waals surface area contributed by atoms with E-state index in [1.807, 2.05) is 0 Å². The minimum atomic E-state index is 0.892. The zero-order valence-corrected chi connectivity index (χ0v) is 6.64. The molecule has 0 amide bonds. The third-order valence-electron chi connectivity index (χ3n) is 2.84. The Bertz CT molecular complexity index is 160. The molecule has 0 N–H and O–H groups in total. The Balaban J connectivity index is 2.06. The molecule has 10 heavy (non-hydrogen) atoms. The zero-order valence-electron chi connectivity index (χ0n) is 6.64. The maximum absolute atomic E-state index is 4.51. The minimum absolute atomic E-state index is 0.892. The Kier molecular flexibility index (Phi) is 1.51. The highest BCUT2D eigenvalue weighted by molar-refractivity contribution is 5.88. The molecule has 1 saturated carbocycles. The quantitative estimate of drug-likeness (QED) is 0.485. The molecule has 1 heteroatoms. The van der Waals surface area contributed by atoms with Crippen molar-refractivity contribution in [1.82, 2.24) is 0 Å². The normalized spacial score (nSPS) is 39.1. The molecule has 0 aromatic rings. The number of aliphatic imine (C=N–C) groups is 1. The van der Waals surface area contributed by atoms with E-state index in [-0.39, 0.29) is 0 Å². The van der Waals surface area contributed by atoms with Gasteiger partial charge in [0, 0.05) is 12.3 Å². The lowest BCUT2D eigenvalue weighted by Crippen LogP contribution is -2.20. The molecule has 0 radical (unpaired) electrons. The van der Waals surface area contributed by atoms with E-state index in [4.69, 9.17) is 0 Å². The third kappa shape index (κ3) is 0.979. The molecule has 1 aliphatic carbocycles. The van der Waals surface area contributed by atoms with Gasteiger partial charge in [0.25, 0.3) is 0 Å². The van der Waals surface area contributed by atoms with Crippen LogP contribution in [0.3, 0.4) is 0 Å². The summed E-state index contributed by atoms with van der Waals surface area (Å²) >= 11 is 0. The number of hydrogen-bond acceptors (Lipinski definition) is 1. The van der Waals surface area contributed by atoms with E-state index < -0.39 is 0 Å². The molecule has 1 heterocycles. The molecule has 1 fully saturated rings. The lowest BCUT2D eigenvalue weighted by Gasteiger charge is -2.24. The summed E-state index contributed by atoms with van der Waals surface area (Å²) in [7, 11) is 0. The first-order valence-corrected chi connectivity index (χ1v) is 4.39. The summed E-state index contributed by atoms with van der Waals surface area (Å²) in [5, 5.41) is 0. The maximum atomic E-state index is 4.51. The molecule has 0 bridgehead atoms. The van der Waals surface area contributed by atoms with Gasteiger partial charge in [0.2, 0.25) is 0 Å². The standard InChI is InChI=1S/C9H15N/c1-7-2-3-9-8(6-7)4-5-10-9/h7-8H,2-6H2,1H3. The van der Waals surface area contributed by atoms with Crippen LogP contribution in [-0.4, -0.2) is 12.3 Å². The predicted molar refractivity (Wildman–Crippen MR) is 43.4 cm³/mol. The summed E-state index contributed by atoms with van der Waals surface area (Å²) in [5.41, 5.74) is 1.54. The van der Waals surface area contributed by atoms with Gasteiger partial charge in [0.15, 0.2) is 0 Å². The maximum Gasteiger partial charge on any atom is 0.0395 e. The van der Waals surface area contributed by atoms with Crippen LogP contribution < -0.4 is 0 Å². The average Bonchev–Trinajstić information content (AvgIpc) is 2.33. The second-order valence-corrected chi connectivity index (χ2v) is 3.74. The van der Waals surface area contributed by atoms with Crippen molar-refractivity contribution in [3.63, 3.8) is 0 Å². The Morgan fingerprint density at radius 3 is 3.20 bits per heavy atom. The number of fused-ring (bicyclic) bond motifs is 1. The lowest BCUT2D eigenvalue weighted by atomic mass is 9.81. The largest absolute Gasteiger partial charge is 0.294 e. The van der Waals surface area contributed by atoms with Crippen LogP contribution in [0.25, 0.3) is 0 Å². The molecule has 2 rings (SSSR count). The van der Waals surface area contributed by atoms with E-state index in [2.05, 4.69) is 11.9 Å². The molecular weight excluding hydrogens is 122 g/mol. The van der Waals surface area contributed by atoms with E-state index in [9.17, 15) is 0 Å². The van der Waals surface area contributed by atoms with Crippen molar-refractivity contribution in [2.45, 2.75) is 32.6 Å². The van der Waals surface area contributed by atoms with Gasteiger partial charge in [0.1, 0.15) is 0 Å². The molecular formula is C9H15N. The van der Waals surface area contributed by atoms with Gasteiger partial charge in [-0.05, 0) is 37.5 Å². The Hall–Kier alpha value is -0.330. The van der Waals surface area contributed by atoms with Crippen molar-refractivity contribution in [1.29, 1.82) is 0 Å². The average molecular weight is 137 g/mol. The Morgan fingerprint density at radius 2 is 2.30 bits per heavy atom. The fraction of sp³-hybridized carbons (Fsp3) is 0.889. The van der Waals surface area contributed by atoms with Gasteiger partial charge in [0.05, 0.1) is 0 Å². The van der Waals surface area contributed by atoms with Crippen LogP contribution in [-0.2, 0) is 0 Å². The van der Waals surface area contributed by atoms with Gasteiger partial charge >= 0.3 is 0 Å². The molecule has 0 aromatic carbocycles.